The van der Waals surface area contributed by atoms with Gasteiger partial charge in [0.15, 0.2) is 5.82 Å². The average molecular weight is 369 g/mol. The molecule has 0 aromatic carbocycles. The number of hydrogen-bond acceptors (Lipinski definition) is 6. The fourth-order valence-corrected chi connectivity index (χ4v) is 3.93. The first-order valence-corrected chi connectivity index (χ1v) is 10.00. The van der Waals surface area contributed by atoms with Crippen molar-refractivity contribution in [3.05, 3.63) is 29.1 Å². The molecule has 26 heavy (non-hydrogen) atoms. The highest BCUT2D eigenvalue weighted by Gasteiger charge is 2.27. The Balaban J connectivity index is 1.69. The Kier molecular flexibility index (Phi) is 4.72. The van der Waals surface area contributed by atoms with Crippen molar-refractivity contribution in [2.24, 2.45) is 11.8 Å². The van der Waals surface area contributed by atoms with Crippen molar-refractivity contribution in [2.75, 3.05) is 0 Å². The molecule has 0 bridgehead atoms. The van der Waals surface area contributed by atoms with Gasteiger partial charge >= 0.3 is 0 Å². The van der Waals surface area contributed by atoms with Crippen molar-refractivity contribution in [3.63, 3.8) is 0 Å². The number of hydrogen-bond donors (Lipinski definition) is 0. The number of rotatable bonds is 6. The minimum Gasteiger partial charge on any atom is -0.475 e. The number of thiazole rings is 1. The summed E-state index contributed by atoms with van der Waals surface area (Å²) in [6.07, 6.45) is 2.57. The fraction of sp³-hybridized carbons (Fsp3) is 0.474. The number of aromatic nitrogens is 5. The summed E-state index contributed by atoms with van der Waals surface area (Å²) in [6.45, 7) is 7.16. The van der Waals surface area contributed by atoms with Crippen molar-refractivity contribution >= 4 is 11.3 Å². The van der Waals surface area contributed by atoms with E-state index in [4.69, 9.17) is 14.8 Å². The van der Waals surface area contributed by atoms with Crippen LogP contribution in [0.15, 0.2) is 29.1 Å². The van der Waals surface area contributed by atoms with Gasteiger partial charge in [0.2, 0.25) is 11.7 Å². The molecule has 7 heteroatoms. The zero-order chi connectivity index (χ0) is 18.1. The molecule has 0 N–H and O–H groups in total. The van der Waals surface area contributed by atoms with E-state index >= 15 is 0 Å². The Morgan fingerprint density at radius 1 is 1.23 bits per heavy atom. The highest BCUT2D eigenvalue weighted by Crippen LogP contribution is 2.35. The maximum Gasteiger partial charge on any atom is 0.214 e. The molecule has 1 fully saturated rings. The normalized spacial score (nSPS) is 19.5. The first kappa shape index (κ1) is 17.1. The van der Waals surface area contributed by atoms with Gasteiger partial charge in [0.25, 0.3) is 0 Å². The maximum absolute atomic E-state index is 5.74. The largest absolute Gasteiger partial charge is 0.475 e. The van der Waals surface area contributed by atoms with Crippen LogP contribution in [0, 0.1) is 11.8 Å². The lowest BCUT2D eigenvalue weighted by Gasteiger charge is -2.32. The Hall–Kier alpha value is -2.28. The fourth-order valence-electron chi connectivity index (χ4n) is 3.40. The van der Waals surface area contributed by atoms with Crippen molar-refractivity contribution in [1.82, 2.24) is 24.7 Å². The summed E-state index contributed by atoms with van der Waals surface area (Å²) in [7, 11) is 0. The van der Waals surface area contributed by atoms with E-state index in [0.29, 0.717) is 17.6 Å². The van der Waals surface area contributed by atoms with Gasteiger partial charge in [0.05, 0.1) is 11.6 Å². The lowest BCUT2D eigenvalue weighted by atomic mass is 9.76. The lowest BCUT2D eigenvalue weighted by molar-refractivity contribution is 0.182. The van der Waals surface area contributed by atoms with E-state index in [-0.39, 0.29) is 6.10 Å². The molecule has 6 nitrogen and oxygen atoms in total. The number of nitrogens with zero attached hydrogens (tertiary/aromatic N) is 5. The van der Waals surface area contributed by atoms with Crippen LogP contribution in [0.1, 0.15) is 33.6 Å². The molecular formula is C19H23N5OS. The molecule has 3 aromatic heterocycles. The monoisotopic (exact) mass is 369 g/mol. The average Bonchev–Trinajstić information content (AvgIpc) is 3.22. The van der Waals surface area contributed by atoms with E-state index in [0.717, 1.165) is 29.7 Å². The summed E-state index contributed by atoms with van der Waals surface area (Å²) in [4.78, 5) is 13.7. The summed E-state index contributed by atoms with van der Waals surface area (Å²) in [5.74, 6) is 3.52. The molecular weight excluding hydrogens is 346 g/mol. The summed E-state index contributed by atoms with van der Waals surface area (Å²) < 4.78 is 7.74. The molecule has 0 amide bonds. The van der Waals surface area contributed by atoms with Crippen LogP contribution in [0.25, 0.3) is 23.0 Å². The van der Waals surface area contributed by atoms with Crippen LogP contribution in [-0.4, -0.2) is 30.8 Å². The predicted molar refractivity (Wildman–Crippen MR) is 102 cm³/mol. The molecule has 0 atom stereocenters. The van der Waals surface area contributed by atoms with Gasteiger partial charge in [0.1, 0.15) is 11.4 Å². The highest BCUT2D eigenvalue weighted by atomic mass is 32.1. The van der Waals surface area contributed by atoms with Crippen molar-refractivity contribution in [2.45, 2.75) is 46.3 Å². The van der Waals surface area contributed by atoms with Crippen LogP contribution in [0.2, 0.25) is 0 Å². The Morgan fingerprint density at radius 2 is 2.08 bits per heavy atom. The molecule has 1 aliphatic carbocycles. The quantitative estimate of drug-likeness (QED) is 0.648. The smallest absolute Gasteiger partial charge is 0.214 e. The molecule has 136 valence electrons. The molecule has 0 unspecified atom stereocenters. The third kappa shape index (κ3) is 3.62. The van der Waals surface area contributed by atoms with Crippen molar-refractivity contribution in [1.29, 1.82) is 0 Å². The number of ether oxygens (including phenoxy) is 1. The van der Waals surface area contributed by atoms with Gasteiger partial charge < -0.3 is 4.74 Å². The molecule has 0 radical (unpaired) electrons. The molecule has 3 aromatic rings. The molecule has 0 spiro atoms. The van der Waals surface area contributed by atoms with E-state index in [1.165, 1.54) is 12.8 Å². The standard InChI is InChI=1S/C19H23N5OS/c1-12(2)25-17-6-4-5-15(21-17)19-22-18(16-10-26-11-20-16)23-24(19)9-14-7-13(3)8-14/h4-6,10-14H,7-9H2,1-3H3. The van der Waals surface area contributed by atoms with Crippen LogP contribution < -0.4 is 4.74 Å². The maximum atomic E-state index is 5.74. The van der Waals surface area contributed by atoms with Crippen molar-refractivity contribution < 1.29 is 4.74 Å². The first-order chi connectivity index (χ1) is 12.6. The predicted octanol–water partition coefficient (Wildman–Crippen LogP) is 4.30. The van der Waals surface area contributed by atoms with Gasteiger partial charge in [-0.3, -0.25) is 0 Å². The van der Waals surface area contributed by atoms with E-state index in [9.17, 15) is 0 Å². The van der Waals surface area contributed by atoms with Crippen LogP contribution in [0.5, 0.6) is 5.88 Å². The minimum atomic E-state index is 0.0812. The van der Waals surface area contributed by atoms with Crippen LogP contribution >= 0.6 is 11.3 Å². The van der Waals surface area contributed by atoms with Gasteiger partial charge in [-0.15, -0.1) is 16.4 Å². The van der Waals surface area contributed by atoms with E-state index in [2.05, 4.69) is 16.9 Å². The van der Waals surface area contributed by atoms with Gasteiger partial charge in [-0.05, 0) is 44.6 Å². The second-order valence-electron chi connectivity index (χ2n) is 7.29. The van der Waals surface area contributed by atoms with E-state index < -0.39 is 0 Å². The van der Waals surface area contributed by atoms with Crippen LogP contribution in [-0.2, 0) is 6.54 Å². The lowest BCUT2D eigenvalue weighted by Crippen LogP contribution is -2.26. The van der Waals surface area contributed by atoms with Gasteiger partial charge in [-0.25, -0.2) is 19.6 Å². The summed E-state index contributed by atoms with van der Waals surface area (Å²) in [6, 6.07) is 5.79. The van der Waals surface area contributed by atoms with Gasteiger partial charge in [-0.2, -0.15) is 0 Å². The van der Waals surface area contributed by atoms with Gasteiger partial charge in [-0.1, -0.05) is 13.0 Å². The molecule has 1 saturated carbocycles. The topological polar surface area (TPSA) is 65.7 Å². The molecule has 3 heterocycles. The zero-order valence-corrected chi connectivity index (χ0v) is 16.1. The summed E-state index contributed by atoms with van der Waals surface area (Å²) in [5, 5.41) is 6.71. The Labute approximate surface area is 157 Å². The third-order valence-electron chi connectivity index (χ3n) is 4.54. The molecule has 4 rings (SSSR count). The van der Waals surface area contributed by atoms with Crippen LogP contribution in [0.4, 0.5) is 0 Å². The minimum absolute atomic E-state index is 0.0812. The summed E-state index contributed by atoms with van der Waals surface area (Å²) in [5.41, 5.74) is 3.40. The summed E-state index contributed by atoms with van der Waals surface area (Å²) >= 11 is 1.55. The van der Waals surface area contributed by atoms with E-state index in [1.54, 1.807) is 16.8 Å². The highest BCUT2D eigenvalue weighted by molar-refractivity contribution is 7.07. The molecule has 1 aliphatic rings. The second-order valence-corrected chi connectivity index (χ2v) is 8.00. The van der Waals surface area contributed by atoms with E-state index in [1.807, 2.05) is 42.1 Å². The SMILES string of the molecule is CC1CC(Cn2nc(-c3cscn3)nc2-c2cccc(OC(C)C)n2)C1. The first-order valence-electron chi connectivity index (χ1n) is 9.06. The molecule has 0 saturated heterocycles. The molecule has 0 aliphatic heterocycles. The van der Waals surface area contributed by atoms with Crippen molar-refractivity contribution in [3.8, 4) is 28.9 Å². The Bertz CT molecular complexity index is 868. The number of pyridine rings is 1. The zero-order valence-electron chi connectivity index (χ0n) is 15.3. The van der Waals surface area contributed by atoms with Gasteiger partial charge in [0, 0.05) is 18.0 Å². The Morgan fingerprint density at radius 3 is 2.77 bits per heavy atom. The van der Waals surface area contributed by atoms with Crippen LogP contribution in [0.3, 0.4) is 0 Å². The second kappa shape index (κ2) is 7.15. The third-order valence-corrected chi connectivity index (χ3v) is 5.13.